The van der Waals surface area contributed by atoms with Crippen LogP contribution in [0.25, 0.3) is 11.0 Å². The second-order valence-electron chi connectivity index (χ2n) is 4.92. The lowest BCUT2D eigenvalue weighted by Crippen LogP contribution is -2.25. The summed E-state index contributed by atoms with van der Waals surface area (Å²) in [6, 6.07) is 3.91. The van der Waals surface area contributed by atoms with Crippen LogP contribution in [0.3, 0.4) is 0 Å². The number of H-pyrrole nitrogens is 1. The summed E-state index contributed by atoms with van der Waals surface area (Å²) in [5.74, 6) is 0.115. The molecule has 1 aliphatic heterocycles. The third-order valence-electron chi connectivity index (χ3n) is 3.42. The average Bonchev–Trinajstić information content (AvgIpc) is 2.97. The van der Waals surface area contributed by atoms with Crippen molar-refractivity contribution in [2.24, 2.45) is 0 Å². The highest BCUT2D eigenvalue weighted by molar-refractivity contribution is 8.14. The third kappa shape index (κ3) is 2.56. The molecule has 1 aliphatic rings. The molecule has 0 spiro atoms. The first kappa shape index (κ1) is 13.2. The molecule has 0 radical (unpaired) electrons. The number of carbonyl (C=O) groups is 2. The fourth-order valence-electron chi connectivity index (χ4n) is 2.56. The van der Waals surface area contributed by atoms with Crippen LogP contribution >= 0.6 is 11.8 Å². The van der Waals surface area contributed by atoms with E-state index in [1.54, 1.807) is 13.1 Å². The molecule has 5 nitrogen and oxygen atoms in total. The van der Waals surface area contributed by atoms with E-state index in [9.17, 15) is 9.59 Å². The zero-order valence-corrected chi connectivity index (χ0v) is 11.9. The van der Waals surface area contributed by atoms with Crippen molar-refractivity contribution < 1.29 is 9.59 Å². The Labute approximate surface area is 120 Å². The van der Waals surface area contributed by atoms with Crippen LogP contribution < -0.4 is 0 Å². The number of nitrogens with one attached hydrogen (secondary N) is 1. The Morgan fingerprint density at radius 1 is 1.55 bits per heavy atom. The van der Waals surface area contributed by atoms with Crippen LogP contribution in [0.4, 0.5) is 0 Å². The summed E-state index contributed by atoms with van der Waals surface area (Å²) in [5.41, 5.74) is 1.92. The van der Waals surface area contributed by atoms with Gasteiger partial charge >= 0.3 is 0 Å². The van der Waals surface area contributed by atoms with Crippen molar-refractivity contribution in [3.05, 3.63) is 30.1 Å². The predicted octanol–water partition coefficient (Wildman–Crippen LogP) is 1.94. The minimum Gasteiger partial charge on any atom is -0.346 e. The summed E-state index contributed by atoms with van der Waals surface area (Å²) in [6.45, 7) is 2.76. The molecule has 0 saturated carbocycles. The summed E-state index contributed by atoms with van der Waals surface area (Å²) in [4.78, 5) is 32.3. The Hall–Kier alpha value is -1.82. The van der Waals surface area contributed by atoms with Crippen molar-refractivity contribution in [1.82, 2.24) is 14.9 Å². The Morgan fingerprint density at radius 3 is 3.20 bits per heavy atom. The molecule has 1 N–H and O–H groups in total. The number of aromatic nitrogens is 2. The van der Waals surface area contributed by atoms with Gasteiger partial charge < -0.3 is 9.88 Å². The molecule has 1 saturated heterocycles. The maximum Gasteiger partial charge on any atom is 0.224 e. The van der Waals surface area contributed by atoms with Crippen molar-refractivity contribution in [3.63, 3.8) is 0 Å². The molecule has 1 fully saturated rings. The first-order valence-electron chi connectivity index (χ1n) is 6.49. The predicted molar refractivity (Wildman–Crippen MR) is 78.2 cm³/mol. The lowest BCUT2D eigenvalue weighted by atomic mass is 10.2. The van der Waals surface area contributed by atoms with Crippen molar-refractivity contribution >= 4 is 33.8 Å². The molecular weight excluding hydrogens is 274 g/mol. The zero-order valence-electron chi connectivity index (χ0n) is 11.1. The van der Waals surface area contributed by atoms with E-state index < -0.39 is 0 Å². The standard InChI is InChI=1S/C14H15N3O2S/c1-9(18)20-11-6-13(19)17(8-11)7-10-2-4-15-14-12(10)3-5-16-14/h2-5,11H,6-8H2,1H3,(H,15,16). The number of pyridine rings is 1. The molecule has 1 amide bonds. The van der Waals surface area contributed by atoms with Gasteiger partial charge in [-0.3, -0.25) is 9.59 Å². The minimum atomic E-state index is 0.0709. The van der Waals surface area contributed by atoms with Crippen LogP contribution in [0, 0.1) is 0 Å². The Morgan fingerprint density at radius 2 is 2.40 bits per heavy atom. The highest BCUT2D eigenvalue weighted by Gasteiger charge is 2.31. The van der Waals surface area contributed by atoms with E-state index in [1.807, 2.05) is 23.2 Å². The summed E-state index contributed by atoms with van der Waals surface area (Å²) >= 11 is 1.27. The molecule has 2 aromatic heterocycles. The smallest absolute Gasteiger partial charge is 0.224 e. The summed E-state index contributed by atoms with van der Waals surface area (Å²) in [5, 5.41) is 1.20. The number of aromatic amines is 1. The molecule has 0 aromatic carbocycles. The van der Waals surface area contributed by atoms with E-state index in [0.29, 0.717) is 19.5 Å². The van der Waals surface area contributed by atoms with Crippen molar-refractivity contribution in [3.8, 4) is 0 Å². The lowest BCUT2D eigenvalue weighted by molar-refractivity contribution is -0.128. The number of hydrogen-bond acceptors (Lipinski definition) is 4. The van der Waals surface area contributed by atoms with Crippen LogP contribution in [-0.4, -0.2) is 37.7 Å². The fourth-order valence-corrected chi connectivity index (χ4v) is 3.51. The average molecular weight is 289 g/mol. The number of likely N-dealkylation sites (tertiary alicyclic amines) is 1. The van der Waals surface area contributed by atoms with Gasteiger partial charge in [-0.15, -0.1) is 0 Å². The quantitative estimate of drug-likeness (QED) is 0.938. The maximum absolute atomic E-state index is 12.0. The number of thioether (sulfide) groups is 1. The molecule has 3 heterocycles. The van der Waals surface area contributed by atoms with E-state index in [2.05, 4.69) is 9.97 Å². The monoisotopic (exact) mass is 289 g/mol. The van der Waals surface area contributed by atoms with Crippen molar-refractivity contribution in [2.45, 2.75) is 25.1 Å². The number of fused-ring (bicyclic) bond motifs is 1. The molecule has 1 atom stereocenters. The largest absolute Gasteiger partial charge is 0.346 e. The van der Waals surface area contributed by atoms with Crippen molar-refractivity contribution in [2.75, 3.05) is 6.54 Å². The van der Waals surface area contributed by atoms with Gasteiger partial charge in [0.15, 0.2) is 5.12 Å². The fraction of sp³-hybridized carbons (Fsp3) is 0.357. The SMILES string of the molecule is CC(=O)SC1CC(=O)N(Cc2ccnc3[nH]ccc23)C1. The first-order valence-corrected chi connectivity index (χ1v) is 7.37. The van der Waals surface area contributed by atoms with E-state index in [4.69, 9.17) is 0 Å². The van der Waals surface area contributed by atoms with Gasteiger partial charge in [-0.05, 0) is 17.7 Å². The van der Waals surface area contributed by atoms with Crippen LogP contribution in [0.2, 0.25) is 0 Å². The van der Waals surface area contributed by atoms with E-state index in [1.165, 1.54) is 11.8 Å². The van der Waals surface area contributed by atoms with Gasteiger partial charge in [0, 0.05) is 49.5 Å². The van der Waals surface area contributed by atoms with Crippen LogP contribution in [-0.2, 0) is 16.1 Å². The molecule has 3 rings (SSSR count). The van der Waals surface area contributed by atoms with E-state index in [-0.39, 0.29) is 16.3 Å². The number of rotatable bonds is 3. The van der Waals surface area contributed by atoms with Crippen molar-refractivity contribution in [1.29, 1.82) is 0 Å². The highest BCUT2D eigenvalue weighted by Crippen LogP contribution is 2.26. The van der Waals surface area contributed by atoms with Crippen LogP contribution in [0.15, 0.2) is 24.5 Å². The Bertz CT molecular complexity index is 667. The highest BCUT2D eigenvalue weighted by atomic mass is 32.2. The van der Waals surface area contributed by atoms with Crippen LogP contribution in [0.1, 0.15) is 18.9 Å². The first-order chi connectivity index (χ1) is 9.63. The number of carbonyl (C=O) groups excluding carboxylic acids is 2. The molecule has 1 unspecified atom stereocenters. The molecule has 0 bridgehead atoms. The number of nitrogens with zero attached hydrogens (tertiary/aromatic N) is 2. The normalized spacial score (nSPS) is 18.9. The lowest BCUT2D eigenvalue weighted by Gasteiger charge is -2.16. The van der Waals surface area contributed by atoms with Gasteiger partial charge in [0.05, 0.1) is 0 Å². The van der Waals surface area contributed by atoms with Crippen LogP contribution in [0.5, 0.6) is 0 Å². The van der Waals surface area contributed by atoms with Gasteiger partial charge in [-0.1, -0.05) is 11.8 Å². The van der Waals surface area contributed by atoms with Gasteiger partial charge in [-0.25, -0.2) is 4.98 Å². The molecule has 0 aliphatic carbocycles. The maximum atomic E-state index is 12.0. The second kappa shape index (κ2) is 5.28. The second-order valence-corrected chi connectivity index (χ2v) is 6.40. The van der Waals surface area contributed by atoms with Gasteiger partial charge in [0.2, 0.25) is 5.91 Å². The zero-order chi connectivity index (χ0) is 14.1. The number of amides is 1. The van der Waals surface area contributed by atoms with Gasteiger partial charge in [0.25, 0.3) is 0 Å². The van der Waals surface area contributed by atoms with E-state index in [0.717, 1.165) is 16.6 Å². The molecule has 20 heavy (non-hydrogen) atoms. The summed E-state index contributed by atoms with van der Waals surface area (Å²) in [6.07, 6.45) is 4.05. The Kier molecular flexibility index (Phi) is 3.48. The molecule has 6 heteroatoms. The Balaban J connectivity index is 1.76. The number of hydrogen-bond donors (Lipinski definition) is 1. The third-order valence-corrected chi connectivity index (χ3v) is 4.40. The molecule has 2 aromatic rings. The topological polar surface area (TPSA) is 66.1 Å². The minimum absolute atomic E-state index is 0.0709. The van der Waals surface area contributed by atoms with E-state index >= 15 is 0 Å². The summed E-state index contributed by atoms with van der Waals surface area (Å²) < 4.78 is 0. The van der Waals surface area contributed by atoms with Gasteiger partial charge in [0.1, 0.15) is 5.65 Å². The molecule has 104 valence electrons. The van der Waals surface area contributed by atoms with Gasteiger partial charge in [-0.2, -0.15) is 0 Å². The summed E-state index contributed by atoms with van der Waals surface area (Å²) in [7, 11) is 0. The molecular formula is C14H15N3O2S.